The molecule has 0 radical (unpaired) electrons. The lowest BCUT2D eigenvalue weighted by Gasteiger charge is -2.21. The summed E-state index contributed by atoms with van der Waals surface area (Å²) in [6.45, 7) is 15.1. The number of nitrogens with two attached hydrogens (primary N) is 2. The Kier molecular flexibility index (Phi) is 17.7. The minimum absolute atomic E-state index is 0.0342. The molecule has 0 bridgehead atoms. The average molecular weight is 1110 g/mol. The number of pyridine rings is 4. The molecule has 7 aromatic heterocycles. The summed E-state index contributed by atoms with van der Waals surface area (Å²) >= 11 is 0. The van der Waals surface area contributed by atoms with Crippen molar-refractivity contribution in [2.45, 2.75) is 59.0 Å². The Morgan fingerprint density at radius 1 is 0.658 bits per heavy atom. The molecule has 0 aliphatic carbocycles. The van der Waals surface area contributed by atoms with Gasteiger partial charge >= 0.3 is 0 Å². The molecule has 0 aliphatic heterocycles. The second-order valence-corrected chi connectivity index (χ2v) is 28.7. The fourth-order valence-corrected chi connectivity index (χ4v) is 9.89. The smallest absolute Gasteiger partial charge is 0.250 e. The third-order valence-corrected chi connectivity index (χ3v) is 13.0. The quantitative estimate of drug-likeness (QED) is 0.0294. The molecule has 0 fully saturated rings. The Bertz CT molecular complexity index is 3790. The second kappa shape index (κ2) is 24.4. The van der Waals surface area contributed by atoms with Gasteiger partial charge in [0.05, 0.1) is 28.9 Å². The molecule has 2 aromatic carbocycles. The molecule has 9 aromatic rings. The molecule has 6 N–H and O–H groups in total. The zero-order chi connectivity index (χ0) is 57.3. The van der Waals surface area contributed by atoms with E-state index in [1.807, 2.05) is 13.0 Å². The lowest BCUT2D eigenvalue weighted by Crippen LogP contribution is -2.32. The van der Waals surface area contributed by atoms with Gasteiger partial charge in [-0.3, -0.25) is 39.9 Å². The minimum Gasteiger partial charge on any atom is -0.535 e. The maximum Gasteiger partial charge on any atom is 0.250 e. The van der Waals surface area contributed by atoms with Crippen LogP contribution < -0.4 is 33.4 Å². The number of halogens is 4. The molecule has 9 rings (SSSR count). The second-order valence-electron chi connectivity index (χ2n) is 19.7. The largest absolute Gasteiger partial charge is 0.535 e. The highest BCUT2D eigenvalue weighted by Gasteiger charge is 2.24. The average Bonchev–Trinajstić information content (AvgIpc) is 3.90. The number of hydrazine groups is 1. The van der Waals surface area contributed by atoms with Gasteiger partial charge in [0.25, 0.3) is 0 Å². The predicted octanol–water partition coefficient (Wildman–Crippen LogP) is 8.54. The van der Waals surface area contributed by atoms with E-state index in [1.165, 1.54) is 50.0 Å². The van der Waals surface area contributed by atoms with Gasteiger partial charge in [-0.25, -0.2) is 32.5 Å². The molecule has 1 amide bonds. The summed E-state index contributed by atoms with van der Waals surface area (Å²) in [7, 11) is 0.451. The number of carbonyl (C=O) groups excluding carboxylic acids is 1. The summed E-state index contributed by atoms with van der Waals surface area (Å²) in [6, 6.07) is 23.6. The van der Waals surface area contributed by atoms with Crippen molar-refractivity contribution in [3.8, 4) is 45.0 Å². The lowest BCUT2D eigenvalue weighted by molar-refractivity contribution is -0.120. The standard InChI is InChI=1S/C23H19F2N7O2.C23H17F2N7O.C8H21NOSi2/c1-32-12-13(8-9-19(32)34)20-21(17-7-2-3-10-27-17)28-23(26)29-22(20)31-30-18(33)11-14-15(24)5-4-6-16(14)25;1-31-12-13(8-9-19(31)33)20-21(17-7-2-3-10-27-17)29-23(26)32-22(20)28-18(30-32)11-14-15(24)5-4-6-16(14)25;1-8(9-11(2,3)4)10-12(5,6)7/h2-10,12H,11H2,1H3,(H,30,33)(H3,26,28,29,31);2-10,12H,11H2,1H3,(H2,26,29);1-7H3. The van der Waals surface area contributed by atoms with Gasteiger partial charge in [-0.1, -0.05) is 24.3 Å². The van der Waals surface area contributed by atoms with Crippen LogP contribution >= 0.6 is 0 Å². The number of rotatable bonds is 12. The number of nitrogens with zero attached hydrogens (tertiary/aromatic N) is 11. The summed E-state index contributed by atoms with van der Waals surface area (Å²) in [5.41, 5.74) is 20.5. The Balaban J connectivity index is 0.000000190. The van der Waals surface area contributed by atoms with Crippen LogP contribution in [0.3, 0.4) is 0 Å². The predicted molar refractivity (Wildman–Crippen MR) is 301 cm³/mol. The number of hydrogen-bond donors (Lipinski definition) is 4. The molecule has 408 valence electrons. The SMILES string of the molecule is CC(=N[Si](C)(C)C)O[Si](C)(C)C.Cn1cc(-c2c(-c3ccccn3)nc(N)n3nc(Cc4c(F)cccc4F)nc23)ccc1=O.Cn1cc(-c2c(NNC(=O)Cc3c(F)cccc3F)nc(N)nc2-c2ccccn2)ccc1=O. The molecular formula is C54H57F4N15O4Si2. The van der Waals surface area contributed by atoms with E-state index in [-0.39, 0.29) is 52.2 Å². The molecular weight excluding hydrogens is 1050 g/mol. The first kappa shape index (κ1) is 57.5. The van der Waals surface area contributed by atoms with Crippen LogP contribution in [0.25, 0.3) is 50.7 Å². The summed E-state index contributed by atoms with van der Waals surface area (Å²) in [6.07, 6.45) is 5.70. The Labute approximate surface area is 453 Å². The van der Waals surface area contributed by atoms with Crippen LogP contribution in [0.15, 0.2) is 136 Å². The van der Waals surface area contributed by atoms with Crippen molar-refractivity contribution < 1.29 is 26.8 Å². The minimum atomic E-state index is -1.43. The van der Waals surface area contributed by atoms with Gasteiger partial charge in [-0.05, 0) is 99.9 Å². The molecule has 0 atom stereocenters. The van der Waals surface area contributed by atoms with Gasteiger partial charge in [-0.2, -0.15) is 9.50 Å². The first-order valence-corrected chi connectivity index (χ1v) is 31.3. The van der Waals surface area contributed by atoms with E-state index >= 15 is 0 Å². The summed E-state index contributed by atoms with van der Waals surface area (Å²) < 4.78 is 70.6. The van der Waals surface area contributed by atoms with Gasteiger partial charge in [0, 0.05) is 86.6 Å². The van der Waals surface area contributed by atoms with Gasteiger partial charge < -0.3 is 25.0 Å². The molecule has 0 spiro atoms. The van der Waals surface area contributed by atoms with Crippen LogP contribution in [-0.4, -0.2) is 77.0 Å². The number of anilines is 3. The lowest BCUT2D eigenvalue weighted by atomic mass is 10.0. The zero-order valence-electron chi connectivity index (χ0n) is 44.7. The van der Waals surface area contributed by atoms with Crippen LogP contribution in [0.4, 0.5) is 35.3 Å². The van der Waals surface area contributed by atoms with Crippen LogP contribution in [0.1, 0.15) is 23.9 Å². The monoisotopic (exact) mass is 1110 g/mol. The van der Waals surface area contributed by atoms with Crippen molar-refractivity contribution in [2.75, 3.05) is 16.9 Å². The number of nitrogen functional groups attached to an aromatic ring is 2. The third kappa shape index (κ3) is 14.8. The number of carbonyl (C=O) groups is 1. The van der Waals surface area contributed by atoms with E-state index in [2.05, 4.69) is 89.8 Å². The van der Waals surface area contributed by atoms with Crippen LogP contribution in [0, 0.1) is 23.3 Å². The number of benzene rings is 2. The van der Waals surface area contributed by atoms with Crippen LogP contribution in [-0.2, 0) is 36.2 Å². The third-order valence-electron chi connectivity index (χ3n) is 11.1. The van der Waals surface area contributed by atoms with Crippen molar-refractivity contribution in [3.05, 3.63) is 183 Å². The summed E-state index contributed by atoms with van der Waals surface area (Å²) in [4.78, 5) is 62.5. The Morgan fingerprint density at radius 2 is 1.18 bits per heavy atom. The normalized spacial score (nSPS) is 11.5. The number of aromatic nitrogens is 10. The van der Waals surface area contributed by atoms with Gasteiger partial charge in [-0.15, -0.1) is 5.10 Å². The molecule has 0 saturated carbocycles. The van der Waals surface area contributed by atoms with Crippen molar-refractivity contribution in [2.24, 2.45) is 18.8 Å². The van der Waals surface area contributed by atoms with E-state index in [1.54, 1.807) is 81.3 Å². The maximum atomic E-state index is 14.2. The topological polar surface area (TPSA) is 253 Å². The Morgan fingerprint density at radius 3 is 1.67 bits per heavy atom. The number of aryl methyl sites for hydroxylation is 2. The molecule has 0 aliphatic rings. The van der Waals surface area contributed by atoms with Gasteiger partial charge in [0.15, 0.2) is 31.4 Å². The molecule has 0 saturated heterocycles. The fourth-order valence-electron chi connectivity index (χ4n) is 7.88. The van der Waals surface area contributed by atoms with Crippen molar-refractivity contribution in [1.29, 1.82) is 0 Å². The van der Waals surface area contributed by atoms with Crippen molar-refractivity contribution >= 4 is 51.7 Å². The fraction of sp³-hybridized carbons (Fsp3) is 0.204. The molecule has 79 heavy (non-hydrogen) atoms. The van der Waals surface area contributed by atoms with Gasteiger partial charge in [0.1, 0.15) is 34.7 Å². The highest BCUT2D eigenvalue weighted by molar-refractivity contribution is 6.76. The maximum absolute atomic E-state index is 14.2. The number of amides is 1. The number of hydrogen-bond acceptors (Lipinski definition) is 15. The van der Waals surface area contributed by atoms with Crippen molar-refractivity contribution in [3.63, 3.8) is 0 Å². The molecule has 25 heteroatoms. The van der Waals surface area contributed by atoms with Crippen molar-refractivity contribution in [1.82, 2.24) is 54.1 Å². The molecule has 0 unspecified atom stereocenters. The van der Waals surface area contributed by atoms with E-state index in [0.717, 1.165) is 18.0 Å². The van der Waals surface area contributed by atoms with E-state index < -0.39 is 52.1 Å². The number of nitrogens with one attached hydrogen (secondary N) is 2. The summed E-state index contributed by atoms with van der Waals surface area (Å²) in [5, 5.41) is 4.35. The molecule has 19 nitrogen and oxygen atoms in total. The molecule has 7 heterocycles. The number of fused-ring (bicyclic) bond motifs is 1. The Hall–Kier alpha value is -9.24. The summed E-state index contributed by atoms with van der Waals surface area (Å²) in [5.74, 6) is -2.67. The first-order valence-electron chi connectivity index (χ1n) is 24.4. The van der Waals surface area contributed by atoms with E-state index in [0.29, 0.717) is 50.7 Å². The zero-order valence-corrected chi connectivity index (χ0v) is 46.7. The van der Waals surface area contributed by atoms with E-state index in [9.17, 15) is 31.9 Å². The first-order chi connectivity index (χ1) is 37.3. The van der Waals surface area contributed by atoms with Gasteiger partial charge in [0.2, 0.25) is 37.2 Å². The van der Waals surface area contributed by atoms with Crippen LogP contribution in [0.2, 0.25) is 39.3 Å². The highest BCUT2D eigenvalue weighted by Crippen LogP contribution is 2.36. The van der Waals surface area contributed by atoms with Crippen LogP contribution in [0.5, 0.6) is 0 Å². The highest BCUT2D eigenvalue weighted by atomic mass is 28.4. The van der Waals surface area contributed by atoms with E-state index in [4.69, 9.17) is 15.9 Å².